The molecule has 1 unspecified atom stereocenters. The first-order valence-corrected chi connectivity index (χ1v) is 10.8. The minimum atomic E-state index is -3.63. The van der Waals surface area contributed by atoms with Crippen molar-refractivity contribution in [3.8, 4) is 0 Å². The zero-order valence-electron chi connectivity index (χ0n) is 14.3. The van der Waals surface area contributed by atoms with Gasteiger partial charge in [-0.25, -0.2) is 0 Å². The minimum Gasteiger partial charge on any atom is -0.466 e. The van der Waals surface area contributed by atoms with Gasteiger partial charge in [0.15, 0.2) is 7.14 Å². The van der Waals surface area contributed by atoms with E-state index in [9.17, 15) is 14.2 Å². The molecule has 0 aromatic heterocycles. The highest BCUT2D eigenvalue weighted by Crippen LogP contribution is 2.50. The molecule has 0 aliphatic heterocycles. The fourth-order valence-electron chi connectivity index (χ4n) is 2.44. The maximum absolute atomic E-state index is 13.7. The second kappa shape index (κ2) is 9.36. The molecule has 2 rings (SSSR count). The second-order valence-electron chi connectivity index (χ2n) is 5.67. The highest BCUT2D eigenvalue weighted by atomic mass is 35.5. The summed E-state index contributed by atoms with van der Waals surface area (Å²) in [4.78, 5) is 25.0. The van der Waals surface area contributed by atoms with E-state index >= 15 is 0 Å². The molecule has 2 aromatic rings. The maximum atomic E-state index is 13.7. The summed E-state index contributed by atoms with van der Waals surface area (Å²) in [6.07, 6.45) is 0.427. The summed E-state index contributed by atoms with van der Waals surface area (Å²) >= 11 is 12.3. The van der Waals surface area contributed by atoms with E-state index in [0.717, 1.165) is 0 Å². The molecule has 0 heterocycles. The van der Waals surface area contributed by atoms with E-state index in [1.807, 2.05) is 6.92 Å². The lowest BCUT2D eigenvalue weighted by molar-refractivity contribution is -0.143. The predicted molar refractivity (Wildman–Crippen MR) is 105 cm³/mol. The zero-order chi connectivity index (χ0) is 19.2. The van der Waals surface area contributed by atoms with Gasteiger partial charge < -0.3 is 9.30 Å². The Morgan fingerprint density at radius 2 is 1.62 bits per heavy atom. The summed E-state index contributed by atoms with van der Waals surface area (Å²) < 4.78 is 18.8. The zero-order valence-corrected chi connectivity index (χ0v) is 16.7. The van der Waals surface area contributed by atoms with Crippen LogP contribution in [-0.4, -0.2) is 24.3 Å². The normalized spacial score (nSPS) is 13.0. The molecule has 0 N–H and O–H groups in total. The summed E-state index contributed by atoms with van der Waals surface area (Å²) in [6.45, 7) is 2.17. The molecule has 0 fully saturated rings. The smallest absolute Gasteiger partial charge is 0.306 e. The monoisotopic (exact) mass is 412 g/mol. The molecule has 0 bridgehead atoms. The molecule has 0 aliphatic carbocycles. The number of hydrogen-bond acceptors (Lipinski definition) is 4. The van der Waals surface area contributed by atoms with Crippen molar-refractivity contribution < 1.29 is 18.9 Å². The molecular formula is C19H19Cl2O4P. The topological polar surface area (TPSA) is 60.4 Å². The molecule has 4 nitrogen and oxygen atoms in total. The van der Waals surface area contributed by atoms with Crippen LogP contribution >= 0.6 is 30.3 Å². The summed E-state index contributed by atoms with van der Waals surface area (Å²) in [5.74, 6) is -0.485. The van der Waals surface area contributed by atoms with Crippen molar-refractivity contribution >= 4 is 47.1 Å². The lowest BCUT2D eigenvalue weighted by Gasteiger charge is -2.18. The third kappa shape index (κ3) is 4.76. The van der Waals surface area contributed by atoms with Gasteiger partial charge in [0, 0.05) is 11.5 Å². The standard InChI is InChI=1S/C19H19Cl2O4P/c1-2-12-25-17(22)11-13-26(24,14-7-4-3-5-8-14)19(23)18-15(20)9-6-10-16(18)21/h3-10H,2,11-13H2,1H3. The largest absolute Gasteiger partial charge is 0.466 e. The molecule has 2 aromatic carbocycles. The van der Waals surface area contributed by atoms with Crippen LogP contribution in [0.25, 0.3) is 0 Å². The summed E-state index contributed by atoms with van der Waals surface area (Å²) in [6, 6.07) is 13.0. The molecule has 138 valence electrons. The van der Waals surface area contributed by atoms with E-state index in [1.54, 1.807) is 36.4 Å². The van der Waals surface area contributed by atoms with E-state index in [2.05, 4.69) is 0 Å². The number of rotatable bonds is 8. The first-order valence-electron chi connectivity index (χ1n) is 8.19. The van der Waals surface area contributed by atoms with E-state index < -0.39 is 18.6 Å². The van der Waals surface area contributed by atoms with Crippen LogP contribution in [0.3, 0.4) is 0 Å². The Balaban J connectivity index is 2.40. The van der Waals surface area contributed by atoms with E-state index in [1.165, 1.54) is 12.1 Å². The van der Waals surface area contributed by atoms with Gasteiger partial charge in [-0.05, 0) is 18.6 Å². The Kier molecular flexibility index (Phi) is 7.45. The molecule has 26 heavy (non-hydrogen) atoms. The van der Waals surface area contributed by atoms with Crippen molar-refractivity contribution in [2.24, 2.45) is 0 Å². The second-order valence-corrected chi connectivity index (χ2v) is 9.33. The van der Waals surface area contributed by atoms with Crippen molar-refractivity contribution in [1.82, 2.24) is 0 Å². The average molecular weight is 413 g/mol. The number of carbonyl (C=O) groups is 2. The van der Waals surface area contributed by atoms with Gasteiger partial charge in [-0.15, -0.1) is 0 Å². The summed E-state index contributed by atoms with van der Waals surface area (Å²) in [7, 11) is -3.63. The van der Waals surface area contributed by atoms with Crippen LogP contribution in [0.2, 0.25) is 10.0 Å². The fourth-order valence-corrected chi connectivity index (χ4v) is 5.59. The number of halogens is 2. The molecule has 0 amide bonds. The highest BCUT2D eigenvalue weighted by molar-refractivity contribution is 7.87. The Morgan fingerprint density at radius 1 is 1.00 bits per heavy atom. The van der Waals surface area contributed by atoms with Crippen molar-refractivity contribution in [2.75, 3.05) is 12.8 Å². The van der Waals surface area contributed by atoms with Crippen LogP contribution in [0.5, 0.6) is 0 Å². The number of esters is 1. The van der Waals surface area contributed by atoms with Gasteiger partial charge >= 0.3 is 5.97 Å². The van der Waals surface area contributed by atoms with Crippen molar-refractivity contribution in [3.05, 3.63) is 64.1 Å². The van der Waals surface area contributed by atoms with Gasteiger partial charge in [0.1, 0.15) is 0 Å². The minimum absolute atomic E-state index is 0.0185. The fraction of sp³-hybridized carbons (Fsp3) is 0.263. The number of benzene rings is 2. The van der Waals surface area contributed by atoms with E-state index in [0.29, 0.717) is 18.3 Å². The molecule has 0 spiro atoms. The van der Waals surface area contributed by atoms with Crippen LogP contribution < -0.4 is 5.30 Å². The third-order valence-corrected chi connectivity index (χ3v) is 7.27. The predicted octanol–water partition coefficient (Wildman–Crippen LogP) is 5.17. The van der Waals surface area contributed by atoms with Crippen molar-refractivity contribution in [2.45, 2.75) is 19.8 Å². The van der Waals surface area contributed by atoms with Gasteiger partial charge in [0.25, 0.3) is 0 Å². The Morgan fingerprint density at radius 3 is 2.19 bits per heavy atom. The molecule has 0 aliphatic rings. The number of carbonyl (C=O) groups excluding carboxylic acids is 2. The van der Waals surface area contributed by atoms with E-state index in [-0.39, 0.29) is 28.2 Å². The van der Waals surface area contributed by atoms with Gasteiger partial charge in [-0.1, -0.05) is 66.5 Å². The summed E-state index contributed by atoms with van der Waals surface area (Å²) in [5.41, 5.74) is -0.632. The maximum Gasteiger partial charge on any atom is 0.306 e. The molecule has 0 radical (unpaired) electrons. The quantitative estimate of drug-likeness (QED) is 0.443. The first kappa shape index (κ1) is 20.7. The SMILES string of the molecule is CCCOC(=O)CCP(=O)(C(=O)c1c(Cl)cccc1Cl)c1ccccc1. The lowest BCUT2D eigenvalue weighted by atomic mass is 10.2. The Hall–Kier alpha value is -1.61. The van der Waals surface area contributed by atoms with Gasteiger partial charge in [-0.2, -0.15) is 0 Å². The summed E-state index contributed by atoms with van der Waals surface area (Å²) in [5, 5.41) is 0.628. The Bertz CT molecular complexity index is 816. The molecule has 0 saturated carbocycles. The van der Waals surface area contributed by atoms with Gasteiger partial charge in [0.2, 0.25) is 5.52 Å². The van der Waals surface area contributed by atoms with Crippen LogP contribution in [0.15, 0.2) is 48.5 Å². The Labute approximate surface area is 162 Å². The molecule has 1 atom stereocenters. The molecule has 7 heteroatoms. The van der Waals surface area contributed by atoms with Crippen LogP contribution in [0.4, 0.5) is 0 Å². The highest BCUT2D eigenvalue weighted by Gasteiger charge is 2.37. The van der Waals surface area contributed by atoms with Crippen molar-refractivity contribution in [1.29, 1.82) is 0 Å². The van der Waals surface area contributed by atoms with Crippen LogP contribution in [0.1, 0.15) is 30.1 Å². The third-order valence-electron chi connectivity index (χ3n) is 3.78. The lowest BCUT2D eigenvalue weighted by Crippen LogP contribution is -2.19. The number of ether oxygens (including phenoxy) is 1. The van der Waals surface area contributed by atoms with E-state index in [4.69, 9.17) is 27.9 Å². The van der Waals surface area contributed by atoms with Gasteiger partial charge in [0.05, 0.1) is 28.6 Å². The van der Waals surface area contributed by atoms with Gasteiger partial charge in [-0.3, -0.25) is 9.59 Å². The first-order chi connectivity index (χ1) is 12.4. The van der Waals surface area contributed by atoms with Crippen LogP contribution in [-0.2, 0) is 14.1 Å². The van der Waals surface area contributed by atoms with Crippen molar-refractivity contribution in [3.63, 3.8) is 0 Å². The average Bonchev–Trinajstić information content (AvgIpc) is 2.64. The molecule has 0 saturated heterocycles. The number of hydrogen-bond donors (Lipinski definition) is 0. The van der Waals surface area contributed by atoms with Crippen LogP contribution in [0, 0.1) is 0 Å². The molecular weight excluding hydrogens is 394 g/mol.